The lowest BCUT2D eigenvalue weighted by Gasteiger charge is -2.33. The van der Waals surface area contributed by atoms with Gasteiger partial charge in [-0.1, -0.05) is 37.1 Å². The number of carbonyl (C=O) groups is 1. The van der Waals surface area contributed by atoms with E-state index < -0.39 is 0 Å². The SMILES string of the molecule is Cc1ccccc1-c1csc2c(=O)[nH]c(N3CCC[C@@H](C(=O)NC4CCCC4)C3)nc12. The second kappa shape index (κ2) is 8.46. The van der Waals surface area contributed by atoms with Gasteiger partial charge in [0.2, 0.25) is 11.9 Å². The van der Waals surface area contributed by atoms with Crippen LogP contribution in [0.1, 0.15) is 44.1 Å². The maximum Gasteiger partial charge on any atom is 0.270 e. The first kappa shape index (κ1) is 20.2. The average Bonchev–Trinajstić information content (AvgIpc) is 3.44. The van der Waals surface area contributed by atoms with E-state index >= 15 is 0 Å². The highest BCUT2D eigenvalue weighted by atomic mass is 32.1. The van der Waals surface area contributed by atoms with E-state index in [9.17, 15) is 9.59 Å². The van der Waals surface area contributed by atoms with Gasteiger partial charge in [0.05, 0.1) is 11.4 Å². The van der Waals surface area contributed by atoms with Gasteiger partial charge in [-0.2, -0.15) is 0 Å². The highest BCUT2D eigenvalue weighted by molar-refractivity contribution is 7.17. The minimum atomic E-state index is -0.109. The van der Waals surface area contributed by atoms with Gasteiger partial charge >= 0.3 is 0 Å². The lowest BCUT2D eigenvalue weighted by Crippen LogP contribution is -2.46. The largest absolute Gasteiger partial charge is 0.353 e. The van der Waals surface area contributed by atoms with E-state index in [0.29, 0.717) is 23.2 Å². The number of H-pyrrole nitrogens is 1. The standard InChI is InChI=1S/C24H28N4O2S/c1-15-7-2-5-11-18(15)19-14-31-21-20(19)26-24(27-23(21)30)28-12-6-8-16(13-28)22(29)25-17-9-3-4-10-17/h2,5,7,11,14,16-17H,3-4,6,8-10,12-13H2,1H3,(H,25,29)(H,26,27,30)/t16-/m1/s1. The van der Waals surface area contributed by atoms with Gasteiger partial charge in [0.1, 0.15) is 4.70 Å². The zero-order chi connectivity index (χ0) is 21.4. The molecule has 31 heavy (non-hydrogen) atoms. The molecule has 5 rings (SSSR count). The molecule has 7 heteroatoms. The second-order valence-corrected chi connectivity index (χ2v) is 9.69. The summed E-state index contributed by atoms with van der Waals surface area (Å²) in [6.07, 6.45) is 6.39. The summed E-state index contributed by atoms with van der Waals surface area (Å²) in [5.74, 6) is 0.661. The molecule has 1 aliphatic heterocycles. The number of anilines is 1. The molecule has 0 radical (unpaired) electrons. The summed E-state index contributed by atoms with van der Waals surface area (Å²) in [6.45, 7) is 3.47. The average molecular weight is 437 g/mol. The molecule has 3 heterocycles. The summed E-state index contributed by atoms with van der Waals surface area (Å²) in [5.41, 5.74) is 3.90. The highest BCUT2D eigenvalue weighted by Gasteiger charge is 2.29. The molecule has 1 saturated carbocycles. The van der Waals surface area contributed by atoms with Gasteiger partial charge in [-0.15, -0.1) is 11.3 Å². The van der Waals surface area contributed by atoms with E-state index in [-0.39, 0.29) is 17.4 Å². The zero-order valence-electron chi connectivity index (χ0n) is 17.8. The summed E-state index contributed by atoms with van der Waals surface area (Å²) in [5, 5.41) is 5.26. The van der Waals surface area contributed by atoms with Crippen LogP contribution in [0.4, 0.5) is 5.95 Å². The Morgan fingerprint density at radius 3 is 2.77 bits per heavy atom. The molecule has 2 fully saturated rings. The third kappa shape index (κ3) is 3.99. The van der Waals surface area contributed by atoms with Crippen molar-refractivity contribution in [3.63, 3.8) is 0 Å². The zero-order valence-corrected chi connectivity index (χ0v) is 18.6. The van der Waals surface area contributed by atoms with Crippen LogP contribution in [0.2, 0.25) is 0 Å². The maximum absolute atomic E-state index is 12.8. The van der Waals surface area contributed by atoms with Crippen molar-refractivity contribution in [3.8, 4) is 11.1 Å². The number of rotatable bonds is 4. The van der Waals surface area contributed by atoms with Crippen LogP contribution in [0.15, 0.2) is 34.4 Å². The fourth-order valence-electron chi connectivity index (χ4n) is 4.90. The van der Waals surface area contributed by atoms with Crippen LogP contribution in [-0.2, 0) is 4.79 Å². The summed E-state index contributed by atoms with van der Waals surface area (Å²) < 4.78 is 0.648. The molecule has 2 N–H and O–H groups in total. The molecule has 162 valence electrons. The molecule has 6 nitrogen and oxygen atoms in total. The predicted octanol–water partition coefficient (Wildman–Crippen LogP) is 4.24. The van der Waals surface area contributed by atoms with Crippen molar-refractivity contribution in [2.45, 2.75) is 51.5 Å². The number of aryl methyl sites for hydroxylation is 1. The molecule has 1 amide bonds. The number of aromatic amines is 1. The topological polar surface area (TPSA) is 78.1 Å². The van der Waals surface area contributed by atoms with Gasteiger partial charge < -0.3 is 10.2 Å². The molecule has 0 unspecified atom stereocenters. The maximum atomic E-state index is 12.8. The van der Waals surface area contributed by atoms with Crippen molar-refractivity contribution < 1.29 is 4.79 Å². The lowest BCUT2D eigenvalue weighted by molar-refractivity contribution is -0.125. The molecule has 1 aromatic carbocycles. The molecule has 1 atom stereocenters. The predicted molar refractivity (Wildman–Crippen MR) is 126 cm³/mol. The minimum Gasteiger partial charge on any atom is -0.353 e. The van der Waals surface area contributed by atoms with Gasteiger partial charge in [-0.25, -0.2) is 4.98 Å². The fourth-order valence-corrected chi connectivity index (χ4v) is 5.80. The summed E-state index contributed by atoms with van der Waals surface area (Å²) in [4.78, 5) is 35.6. The first-order valence-electron chi connectivity index (χ1n) is 11.2. The third-order valence-corrected chi connectivity index (χ3v) is 7.61. The summed E-state index contributed by atoms with van der Waals surface area (Å²) >= 11 is 1.43. The molecule has 0 spiro atoms. The highest BCUT2D eigenvalue weighted by Crippen LogP contribution is 2.34. The Balaban J connectivity index is 1.43. The number of fused-ring (bicyclic) bond motifs is 1. The van der Waals surface area contributed by atoms with Crippen molar-refractivity contribution >= 4 is 33.4 Å². The Kier molecular flexibility index (Phi) is 5.52. The van der Waals surface area contributed by atoms with Gasteiger partial charge in [-0.05, 0) is 43.7 Å². The van der Waals surface area contributed by atoms with E-state index in [2.05, 4.69) is 34.3 Å². The number of hydrogen-bond acceptors (Lipinski definition) is 5. The number of piperidine rings is 1. The van der Waals surface area contributed by atoms with Crippen LogP contribution in [0, 0.1) is 12.8 Å². The first-order chi connectivity index (χ1) is 15.1. The number of hydrogen-bond donors (Lipinski definition) is 2. The number of carbonyl (C=O) groups excluding carboxylic acids is 1. The second-order valence-electron chi connectivity index (χ2n) is 8.81. The number of aromatic nitrogens is 2. The van der Waals surface area contributed by atoms with Gasteiger partial charge in [0.25, 0.3) is 5.56 Å². The van der Waals surface area contributed by atoms with Crippen molar-refractivity contribution in [3.05, 3.63) is 45.6 Å². The Bertz CT molecular complexity index is 1160. The smallest absolute Gasteiger partial charge is 0.270 e. The van der Waals surface area contributed by atoms with Crippen molar-refractivity contribution in [2.75, 3.05) is 18.0 Å². The van der Waals surface area contributed by atoms with Crippen LogP contribution in [0.25, 0.3) is 21.3 Å². The third-order valence-electron chi connectivity index (χ3n) is 6.64. The minimum absolute atomic E-state index is 0.0614. The van der Waals surface area contributed by atoms with Gasteiger partial charge in [-0.3, -0.25) is 14.6 Å². The van der Waals surface area contributed by atoms with Crippen molar-refractivity contribution in [1.29, 1.82) is 0 Å². The fraction of sp³-hybridized carbons (Fsp3) is 0.458. The molecule has 0 bridgehead atoms. The number of amides is 1. The van der Waals surface area contributed by atoms with Crippen molar-refractivity contribution in [2.24, 2.45) is 5.92 Å². The van der Waals surface area contributed by atoms with Crippen LogP contribution in [0.5, 0.6) is 0 Å². The lowest BCUT2D eigenvalue weighted by atomic mass is 9.97. The molecular formula is C24H28N4O2S. The Morgan fingerprint density at radius 1 is 1.16 bits per heavy atom. The van der Waals surface area contributed by atoms with Crippen molar-refractivity contribution in [1.82, 2.24) is 15.3 Å². The molecule has 3 aromatic rings. The molecule has 2 aromatic heterocycles. The normalized spacial score (nSPS) is 19.8. The van der Waals surface area contributed by atoms with Gasteiger partial charge in [0.15, 0.2) is 0 Å². The summed E-state index contributed by atoms with van der Waals surface area (Å²) in [6, 6.07) is 8.51. The summed E-state index contributed by atoms with van der Waals surface area (Å²) in [7, 11) is 0. The number of thiophene rings is 1. The Morgan fingerprint density at radius 2 is 1.97 bits per heavy atom. The molecule has 2 aliphatic rings. The van der Waals surface area contributed by atoms with E-state index in [4.69, 9.17) is 4.98 Å². The van der Waals surface area contributed by atoms with Crippen LogP contribution < -0.4 is 15.8 Å². The van der Waals surface area contributed by atoms with E-state index in [1.165, 1.54) is 24.2 Å². The Hall–Kier alpha value is -2.67. The van der Waals surface area contributed by atoms with E-state index in [1.807, 2.05) is 17.5 Å². The number of nitrogens with zero attached hydrogens (tertiary/aromatic N) is 2. The van der Waals surface area contributed by atoms with Crippen LogP contribution in [0.3, 0.4) is 0 Å². The molecule has 1 aliphatic carbocycles. The number of benzene rings is 1. The van der Waals surface area contributed by atoms with Crippen LogP contribution >= 0.6 is 11.3 Å². The quantitative estimate of drug-likeness (QED) is 0.641. The van der Waals surface area contributed by atoms with Crippen LogP contribution in [-0.4, -0.2) is 35.0 Å². The Labute approximate surface area is 185 Å². The van der Waals surface area contributed by atoms with E-state index in [1.54, 1.807) is 0 Å². The van der Waals surface area contributed by atoms with Gasteiger partial charge in [0, 0.05) is 30.1 Å². The number of nitrogens with one attached hydrogen (secondary N) is 2. The van der Waals surface area contributed by atoms with E-state index in [0.717, 1.165) is 54.4 Å². The monoisotopic (exact) mass is 436 g/mol. The first-order valence-corrected chi connectivity index (χ1v) is 12.1. The molecule has 1 saturated heterocycles. The molecular weight excluding hydrogens is 408 g/mol.